The molecule has 0 aliphatic heterocycles. The fourth-order valence-electron chi connectivity index (χ4n) is 2.15. The molecule has 8 heteroatoms. The van der Waals surface area contributed by atoms with E-state index in [-0.39, 0.29) is 17.9 Å². The van der Waals surface area contributed by atoms with Gasteiger partial charge in [-0.1, -0.05) is 35.3 Å². The second-order valence-electron chi connectivity index (χ2n) is 5.20. The molecule has 26 heavy (non-hydrogen) atoms. The van der Waals surface area contributed by atoms with Crippen LogP contribution in [0, 0.1) is 0 Å². The van der Waals surface area contributed by atoms with Gasteiger partial charge >= 0.3 is 5.97 Å². The van der Waals surface area contributed by atoms with Crippen molar-refractivity contribution in [1.82, 2.24) is 0 Å². The Balaban J connectivity index is 2.00. The van der Waals surface area contributed by atoms with Crippen LogP contribution in [0.15, 0.2) is 42.5 Å². The van der Waals surface area contributed by atoms with Gasteiger partial charge in [-0.15, -0.1) is 0 Å². The molecule has 0 radical (unpaired) electrons. The molecule has 0 aliphatic carbocycles. The van der Waals surface area contributed by atoms with Crippen molar-refractivity contribution in [2.75, 3.05) is 17.2 Å². The summed E-state index contributed by atoms with van der Waals surface area (Å²) in [4.78, 5) is 36.0. The smallest absolute Gasteiger partial charge is 0.340 e. The molecule has 0 aromatic heterocycles. The Bertz CT molecular complexity index is 819. The number of carbonyl (C=O) groups is 3. The Morgan fingerprint density at radius 3 is 2.23 bits per heavy atom. The molecule has 2 rings (SSSR count). The third kappa shape index (κ3) is 5.75. The molecule has 0 saturated heterocycles. The van der Waals surface area contributed by atoms with E-state index >= 15 is 0 Å². The van der Waals surface area contributed by atoms with Crippen LogP contribution in [0.1, 0.15) is 23.7 Å². The number of amides is 2. The van der Waals surface area contributed by atoms with E-state index < -0.39 is 24.2 Å². The predicted molar refractivity (Wildman–Crippen MR) is 101 cm³/mol. The van der Waals surface area contributed by atoms with Crippen molar-refractivity contribution in [3.63, 3.8) is 0 Å². The van der Waals surface area contributed by atoms with E-state index in [0.29, 0.717) is 15.7 Å². The van der Waals surface area contributed by atoms with Gasteiger partial charge in [-0.25, -0.2) is 4.79 Å². The van der Waals surface area contributed by atoms with Crippen molar-refractivity contribution in [3.05, 3.63) is 58.1 Å². The van der Waals surface area contributed by atoms with E-state index in [1.54, 1.807) is 25.1 Å². The summed E-state index contributed by atoms with van der Waals surface area (Å²) in [5.74, 6) is -1.68. The minimum atomic E-state index is -0.577. The standard InChI is InChI=1S/C18H16Cl2N2O4/c1-2-26-18(25)14-5-3-4-6-15(14)22-17(24)10-16(23)21-13-8-11(19)7-12(20)9-13/h3-9H,2,10H2,1H3,(H,21,23)(H,22,24). The fourth-order valence-corrected chi connectivity index (χ4v) is 2.68. The minimum Gasteiger partial charge on any atom is -0.462 e. The lowest BCUT2D eigenvalue weighted by Crippen LogP contribution is -2.22. The van der Waals surface area contributed by atoms with E-state index in [1.165, 1.54) is 24.3 Å². The summed E-state index contributed by atoms with van der Waals surface area (Å²) in [6.45, 7) is 1.90. The molecule has 6 nitrogen and oxygen atoms in total. The zero-order valence-corrected chi connectivity index (χ0v) is 15.4. The van der Waals surface area contributed by atoms with Crippen molar-refractivity contribution in [3.8, 4) is 0 Å². The zero-order valence-electron chi connectivity index (χ0n) is 13.8. The van der Waals surface area contributed by atoms with E-state index in [9.17, 15) is 14.4 Å². The van der Waals surface area contributed by atoms with Crippen molar-refractivity contribution in [1.29, 1.82) is 0 Å². The van der Waals surface area contributed by atoms with E-state index in [4.69, 9.17) is 27.9 Å². The summed E-state index contributed by atoms with van der Waals surface area (Å²) in [6, 6.07) is 10.9. The van der Waals surface area contributed by atoms with Crippen LogP contribution in [0.25, 0.3) is 0 Å². The molecule has 0 saturated carbocycles. The Morgan fingerprint density at radius 1 is 0.962 bits per heavy atom. The average Bonchev–Trinajstić information content (AvgIpc) is 2.54. The lowest BCUT2D eigenvalue weighted by molar-refractivity contribution is -0.123. The molecule has 2 aromatic carbocycles. The summed E-state index contributed by atoms with van der Waals surface area (Å²) in [5, 5.41) is 5.80. The minimum absolute atomic E-state index is 0.213. The Hall–Kier alpha value is -2.57. The van der Waals surface area contributed by atoms with Gasteiger partial charge in [0.05, 0.1) is 17.9 Å². The highest BCUT2D eigenvalue weighted by Crippen LogP contribution is 2.22. The summed E-state index contributed by atoms with van der Waals surface area (Å²) in [5.41, 5.74) is 0.867. The number of esters is 1. The lowest BCUT2D eigenvalue weighted by Gasteiger charge is -2.10. The molecule has 136 valence electrons. The molecule has 2 aromatic rings. The predicted octanol–water partition coefficient (Wildman–Crippen LogP) is 4.14. The van der Waals surface area contributed by atoms with Crippen LogP contribution in [-0.2, 0) is 14.3 Å². The third-order valence-electron chi connectivity index (χ3n) is 3.16. The van der Waals surface area contributed by atoms with E-state index in [2.05, 4.69) is 10.6 Å². The molecular formula is C18H16Cl2N2O4. The number of hydrogen-bond donors (Lipinski definition) is 2. The third-order valence-corrected chi connectivity index (χ3v) is 3.60. The van der Waals surface area contributed by atoms with Gasteiger partial charge in [0, 0.05) is 15.7 Å². The van der Waals surface area contributed by atoms with Crippen LogP contribution in [0.5, 0.6) is 0 Å². The monoisotopic (exact) mass is 394 g/mol. The van der Waals surface area contributed by atoms with Crippen LogP contribution in [-0.4, -0.2) is 24.4 Å². The molecule has 0 bridgehead atoms. The second kappa shape index (κ2) is 9.22. The average molecular weight is 395 g/mol. The molecule has 0 heterocycles. The van der Waals surface area contributed by atoms with Gasteiger partial charge in [0.1, 0.15) is 6.42 Å². The highest BCUT2D eigenvalue weighted by atomic mass is 35.5. The van der Waals surface area contributed by atoms with Crippen LogP contribution in [0.4, 0.5) is 11.4 Å². The first-order valence-electron chi connectivity index (χ1n) is 7.71. The first kappa shape index (κ1) is 19.8. The van der Waals surface area contributed by atoms with Crippen LogP contribution in [0.2, 0.25) is 10.0 Å². The zero-order chi connectivity index (χ0) is 19.1. The number of anilines is 2. The SMILES string of the molecule is CCOC(=O)c1ccccc1NC(=O)CC(=O)Nc1cc(Cl)cc(Cl)c1. The normalized spacial score (nSPS) is 10.1. The Kier molecular flexibility index (Phi) is 7.00. The van der Waals surface area contributed by atoms with Crippen LogP contribution in [0.3, 0.4) is 0 Å². The summed E-state index contributed by atoms with van der Waals surface area (Å²) >= 11 is 11.7. The molecule has 0 atom stereocenters. The van der Waals surface area contributed by atoms with Gasteiger partial charge in [-0.3, -0.25) is 9.59 Å². The van der Waals surface area contributed by atoms with Gasteiger partial charge < -0.3 is 15.4 Å². The molecule has 0 aliphatic rings. The van der Waals surface area contributed by atoms with Crippen LogP contribution >= 0.6 is 23.2 Å². The Morgan fingerprint density at radius 2 is 1.58 bits per heavy atom. The molecule has 0 spiro atoms. The number of benzene rings is 2. The number of nitrogens with one attached hydrogen (secondary N) is 2. The number of hydrogen-bond acceptors (Lipinski definition) is 4. The van der Waals surface area contributed by atoms with Gasteiger partial charge in [0.25, 0.3) is 0 Å². The van der Waals surface area contributed by atoms with Gasteiger partial charge in [0.2, 0.25) is 11.8 Å². The van der Waals surface area contributed by atoms with Crippen molar-refractivity contribution < 1.29 is 19.1 Å². The Labute approximate surface area is 160 Å². The molecule has 0 fully saturated rings. The molecule has 2 N–H and O–H groups in total. The maximum absolute atomic E-state index is 12.1. The van der Waals surface area contributed by atoms with E-state index in [0.717, 1.165) is 0 Å². The number of rotatable bonds is 6. The summed E-state index contributed by atoms with van der Waals surface area (Å²) in [6.07, 6.45) is -0.443. The molecule has 0 unspecified atom stereocenters. The lowest BCUT2D eigenvalue weighted by atomic mass is 10.1. The van der Waals surface area contributed by atoms with E-state index in [1.807, 2.05) is 0 Å². The number of carbonyl (C=O) groups excluding carboxylic acids is 3. The summed E-state index contributed by atoms with van der Waals surface area (Å²) < 4.78 is 4.94. The number of ether oxygens (including phenoxy) is 1. The summed E-state index contributed by atoms with van der Waals surface area (Å²) in [7, 11) is 0. The fraction of sp³-hybridized carbons (Fsp3) is 0.167. The largest absolute Gasteiger partial charge is 0.462 e. The highest BCUT2D eigenvalue weighted by Gasteiger charge is 2.16. The first-order chi connectivity index (χ1) is 12.4. The molecule has 2 amide bonds. The highest BCUT2D eigenvalue weighted by molar-refractivity contribution is 6.35. The van der Waals surface area contributed by atoms with Crippen LogP contribution < -0.4 is 10.6 Å². The number of para-hydroxylation sites is 1. The maximum Gasteiger partial charge on any atom is 0.340 e. The topological polar surface area (TPSA) is 84.5 Å². The number of halogens is 2. The second-order valence-corrected chi connectivity index (χ2v) is 6.07. The van der Waals surface area contributed by atoms with Crippen molar-refractivity contribution in [2.24, 2.45) is 0 Å². The first-order valence-corrected chi connectivity index (χ1v) is 8.46. The maximum atomic E-state index is 12.1. The van der Waals surface area contributed by atoms with Crippen molar-refractivity contribution in [2.45, 2.75) is 13.3 Å². The quantitative estimate of drug-likeness (QED) is 0.569. The van der Waals surface area contributed by atoms with Gasteiger partial charge in [0.15, 0.2) is 0 Å². The van der Waals surface area contributed by atoms with Crippen molar-refractivity contribution >= 4 is 52.4 Å². The molecular weight excluding hydrogens is 379 g/mol. The van der Waals surface area contributed by atoms with Gasteiger partial charge in [-0.2, -0.15) is 0 Å². The van der Waals surface area contributed by atoms with Gasteiger partial charge in [-0.05, 0) is 37.3 Å².